The molecule has 10 heteroatoms. The lowest BCUT2D eigenvalue weighted by molar-refractivity contribution is 0.583. The van der Waals surface area contributed by atoms with E-state index in [9.17, 15) is 36.7 Å². The summed E-state index contributed by atoms with van der Waals surface area (Å²) in [5, 5.41) is 1.37. The summed E-state index contributed by atoms with van der Waals surface area (Å²) in [6.45, 7) is 0. The Morgan fingerprint density at radius 3 is 1.00 bits per heavy atom. The number of benzene rings is 7. The van der Waals surface area contributed by atoms with E-state index < -0.39 is 34.1 Å². The number of pyridine rings is 4. The Balaban J connectivity index is 1.38. The van der Waals surface area contributed by atoms with Crippen molar-refractivity contribution in [3.05, 3.63) is 185 Å². The molecule has 0 aliphatic carbocycles. The standard InChI is InChI=1S/C46H20F4N2O4/c47-25-9-21(10-26(48)17-25)23-13-33-41-35(15-23)45(55)31-19-32-40(20-39(31)51(41)37-7-3-1-5-29(37)43(33)53)52-38-8-4-2-6-30(38)44(54)34-14-24(16-36(42(34)52)46(32)56)22-11-27(49)18-28(50)12-22/h1-20H. The highest BCUT2D eigenvalue weighted by molar-refractivity contribution is 6.14. The maximum Gasteiger partial charge on any atom is 0.197 e. The van der Waals surface area contributed by atoms with Crippen LogP contribution >= 0.6 is 0 Å². The second-order valence-corrected chi connectivity index (χ2v) is 14.1. The molecule has 0 saturated heterocycles. The van der Waals surface area contributed by atoms with Gasteiger partial charge in [0, 0.05) is 55.2 Å². The van der Waals surface area contributed by atoms with Crippen LogP contribution in [0.5, 0.6) is 0 Å². The van der Waals surface area contributed by atoms with Gasteiger partial charge in [-0.1, -0.05) is 24.3 Å². The Bertz CT molecular complexity index is 3570. The third-order valence-electron chi connectivity index (χ3n) is 10.9. The number of hydrogen-bond acceptors (Lipinski definition) is 4. The molecule has 4 aromatic heterocycles. The zero-order valence-electron chi connectivity index (χ0n) is 28.6. The minimum Gasteiger partial charge on any atom is -0.307 e. The predicted molar refractivity (Wildman–Crippen MR) is 212 cm³/mol. The Kier molecular flexibility index (Phi) is 6.32. The molecule has 0 aliphatic heterocycles. The molecule has 4 heterocycles. The van der Waals surface area contributed by atoms with Gasteiger partial charge in [-0.15, -0.1) is 0 Å². The van der Waals surface area contributed by atoms with Gasteiger partial charge in [-0.25, -0.2) is 17.6 Å². The Labute approximate surface area is 309 Å². The van der Waals surface area contributed by atoms with Crippen LogP contribution in [-0.2, 0) is 0 Å². The lowest BCUT2D eigenvalue weighted by Gasteiger charge is -2.19. The molecule has 56 heavy (non-hydrogen) atoms. The van der Waals surface area contributed by atoms with Gasteiger partial charge in [0.15, 0.2) is 21.7 Å². The van der Waals surface area contributed by atoms with Gasteiger partial charge in [0.25, 0.3) is 0 Å². The topological polar surface area (TPSA) is 77.1 Å². The van der Waals surface area contributed by atoms with E-state index in [2.05, 4.69) is 0 Å². The van der Waals surface area contributed by atoms with Crippen LogP contribution in [-0.4, -0.2) is 8.80 Å². The number of aromatic nitrogens is 2. The Hall–Kier alpha value is -7.46. The minimum absolute atomic E-state index is 0.0905. The van der Waals surface area contributed by atoms with Crippen molar-refractivity contribution in [2.24, 2.45) is 0 Å². The van der Waals surface area contributed by atoms with Crippen LogP contribution < -0.4 is 21.7 Å². The van der Waals surface area contributed by atoms with Crippen molar-refractivity contribution in [3.8, 4) is 22.3 Å². The van der Waals surface area contributed by atoms with Crippen LogP contribution in [0.1, 0.15) is 0 Å². The van der Waals surface area contributed by atoms with Gasteiger partial charge in [-0.05, 0) is 107 Å². The van der Waals surface area contributed by atoms with Crippen LogP contribution in [0.3, 0.4) is 0 Å². The van der Waals surface area contributed by atoms with E-state index >= 15 is 0 Å². The highest BCUT2D eigenvalue weighted by Gasteiger charge is 2.23. The molecule has 6 nitrogen and oxygen atoms in total. The normalized spacial score (nSPS) is 12.2. The number of nitrogens with zero attached hydrogens (tertiary/aromatic N) is 2. The fourth-order valence-electron chi connectivity index (χ4n) is 8.57. The van der Waals surface area contributed by atoms with E-state index in [1.54, 1.807) is 63.4 Å². The second kappa shape index (κ2) is 11.0. The largest absolute Gasteiger partial charge is 0.307 e. The molecule has 7 aromatic carbocycles. The van der Waals surface area contributed by atoms with Crippen LogP contribution in [0.15, 0.2) is 141 Å². The first-order valence-electron chi connectivity index (χ1n) is 17.5. The summed E-state index contributed by atoms with van der Waals surface area (Å²) < 4.78 is 61.4. The molecule has 11 aromatic rings. The average molecular weight is 741 g/mol. The van der Waals surface area contributed by atoms with Gasteiger partial charge < -0.3 is 8.80 Å². The van der Waals surface area contributed by atoms with Crippen molar-refractivity contribution < 1.29 is 17.6 Å². The van der Waals surface area contributed by atoms with Gasteiger partial charge in [-0.2, -0.15) is 0 Å². The minimum atomic E-state index is -0.832. The monoisotopic (exact) mass is 740 g/mol. The van der Waals surface area contributed by atoms with E-state index in [4.69, 9.17) is 0 Å². The highest BCUT2D eigenvalue weighted by Crippen LogP contribution is 2.36. The molecule has 0 spiro atoms. The smallest absolute Gasteiger partial charge is 0.197 e. The number of halogens is 4. The zero-order chi connectivity index (χ0) is 38.3. The molecule has 0 radical (unpaired) electrons. The summed E-state index contributed by atoms with van der Waals surface area (Å²) >= 11 is 0. The zero-order valence-corrected chi connectivity index (χ0v) is 28.6. The van der Waals surface area contributed by atoms with Gasteiger partial charge in [0.05, 0.1) is 33.1 Å². The van der Waals surface area contributed by atoms with Crippen molar-refractivity contribution in [2.75, 3.05) is 0 Å². The first kappa shape index (κ1) is 32.0. The van der Waals surface area contributed by atoms with Crippen LogP contribution in [0.4, 0.5) is 17.6 Å². The molecule has 0 amide bonds. The van der Waals surface area contributed by atoms with Crippen LogP contribution in [0.2, 0.25) is 0 Å². The molecular weight excluding hydrogens is 721 g/mol. The summed E-state index contributed by atoms with van der Waals surface area (Å²) in [5.41, 5.74) is 1.18. The number of para-hydroxylation sites is 2. The quantitative estimate of drug-likeness (QED) is 0.101. The summed E-state index contributed by atoms with van der Waals surface area (Å²) in [6.07, 6.45) is 0. The van der Waals surface area contributed by atoms with Gasteiger partial charge in [0.2, 0.25) is 0 Å². The van der Waals surface area contributed by atoms with Gasteiger partial charge >= 0.3 is 0 Å². The van der Waals surface area contributed by atoms with Crippen molar-refractivity contribution in [1.82, 2.24) is 8.80 Å². The molecule has 0 bridgehead atoms. The maximum atomic E-state index is 14.8. The van der Waals surface area contributed by atoms with E-state index in [-0.39, 0.29) is 76.5 Å². The third-order valence-corrected chi connectivity index (χ3v) is 10.9. The Morgan fingerprint density at radius 1 is 0.304 bits per heavy atom. The lowest BCUT2D eigenvalue weighted by Crippen LogP contribution is -2.17. The van der Waals surface area contributed by atoms with Gasteiger partial charge in [-0.3, -0.25) is 19.2 Å². The molecule has 0 aliphatic rings. The molecule has 0 saturated carbocycles. The lowest BCUT2D eigenvalue weighted by atomic mass is 9.95. The van der Waals surface area contributed by atoms with Crippen molar-refractivity contribution in [2.45, 2.75) is 0 Å². The molecular formula is C46H20F4N2O4. The molecule has 0 N–H and O–H groups in total. The van der Waals surface area contributed by atoms with E-state index in [0.717, 1.165) is 36.4 Å². The maximum absolute atomic E-state index is 14.8. The average Bonchev–Trinajstić information content (AvgIpc) is 3.19. The third kappa shape index (κ3) is 4.26. The molecule has 0 unspecified atom stereocenters. The summed E-state index contributed by atoms with van der Waals surface area (Å²) in [6, 6.07) is 28.9. The van der Waals surface area contributed by atoms with Crippen LogP contribution in [0.25, 0.3) is 98.4 Å². The predicted octanol–water partition coefficient (Wildman–Crippen LogP) is 9.32. The number of hydrogen-bond donors (Lipinski definition) is 0. The second-order valence-electron chi connectivity index (χ2n) is 14.1. The van der Waals surface area contributed by atoms with Crippen molar-refractivity contribution in [3.63, 3.8) is 0 Å². The van der Waals surface area contributed by atoms with E-state index in [1.165, 1.54) is 30.3 Å². The number of fused-ring (bicyclic) bond motifs is 8. The van der Waals surface area contributed by atoms with Crippen molar-refractivity contribution in [1.29, 1.82) is 0 Å². The number of rotatable bonds is 2. The summed E-state index contributed by atoms with van der Waals surface area (Å²) in [4.78, 5) is 57.8. The van der Waals surface area contributed by atoms with E-state index in [0.29, 0.717) is 32.8 Å². The molecule has 0 fully saturated rings. The van der Waals surface area contributed by atoms with Gasteiger partial charge in [0.1, 0.15) is 23.3 Å². The molecule has 0 atom stereocenters. The first-order valence-corrected chi connectivity index (χ1v) is 17.5. The Morgan fingerprint density at radius 2 is 0.625 bits per heavy atom. The fraction of sp³-hybridized carbons (Fsp3) is 0. The molecule has 11 rings (SSSR count). The fourth-order valence-corrected chi connectivity index (χ4v) is 8.57. The SMILES string of the molecule is O=c1c2ccccc2n2c3cc4c(cc3c(=O)c3cc(-c5cc(F)cc(F)c5)cc1c32)c(=O)c1cc(-c2cc(F)cc(F)c2)cc2c(=O)c3ccccc3n4c21. The highest BCUT2D eigenvalue weighted by atomic mass is 19.1. The van der Waals surface area contributed by atoms with Crippen molar-refractivity contribution >= 4 is 76.2 Å². The van der Waals surface area contributed by atoms with Crippen LogP contribution in [0, 0.1) is 23.3 Å². The van der Waals surface area contributed by atoms with E-state index in [1.807, 2.05) is 0 Å². The molecule has 266 valence electrons. The summed E-state index contributed by atoms with van der Waals surface area (Å²) in [5.74, 6) is -3.33. The first-order chi connectivity index (χ1) is 27.0. The summed E-state index contributed by atoms with van der Waals surface area (Å²) in [7, 11) is 0.